The summed E-state index contributed by atoms with van der Waals surface area (Å²) in [6, 6.07) is 10.8. The Balaban J connectivity index is 2.04. The van der Waals surface area contributed by atoms with Crippen LogP contribution >= 0.6 is 0 Å². The normalized spacial score (nSPS) is 11.8. The van der Waals surface area contributed by atoms with Crippen molar-refractivity contribution >= 4 is 10.9 Å². The molecule has 0 atom stereocenters. The first kappa shape index (κ1) is 13.4. The van der Waals surface area contributed by atoms with Gasteiger partial charge in [-0.3, -0.25) is 0 Å². The van der Waals surface area contributed by atoms with Gasteiger partial charge in [0.05, 0.1) is 5.52 Å². The molecule has 0 saturated heterocycles. The summed E-state index contributed by atoms with van der Waals surface area (Å²) in [5, 5.41) is 0.614. The van der Waals surface area contributed by atoms with Crippen LogP contribution < -0.4 is 4.74 Å². The number of alkyl halides is 3. The van der Waals surface area contributed by atoms with Crippen LogP contribution in [0.2, 0.25) is 0 Å². The van der Waals surface area contributed by atoms with Crippen LogP contribution in [0, 0.1) is 11.9 Å². The summed E-state index contributed by atoms with van der Waals surface area (Å²) < 4.78 is 54.9. The van der Waals surface area contributed by atoms with E-state index in [-0.39, 0.29) is 5.82 Å². The van der Waals surface area contributed by atoms with E-state index in [0.717, 1.165) is 0 Å². The molecule has 1 aromatic carbocycles. The first-order valence-corrected chi connectivity index (χ1v) is 5.84. The Bertz CT molecular complexity index is 795. The molecule has 107 valence electrons. The van der Waals surface area contributed by atoms with Crippen molar-refractivity contribution in [2.24, 2.45) is 0 Å². The number of rotatable bonds is 2. The maximum atomic E-state index is 13.1. The number of benzene rings is 1. The monoisotopic (exact) mass is 295 g/mol. The summed E-state index contributed by atoms with van der Waals surface area (Å²) >= 11 is 0. The molecular formula is C14H7F4N2O. The van der Waals surface area contributed by atoms with E-state index in [4.69, 9.17) is 0 Å². The zero-order chi connectivity index (χ0) is 15.0. The molecule has 0 aliphatic rings. The van der Waals surface area contributed by atoms with Crippen LogP contribution in [0.15, 0.2) is 42.6 Å². The Morgan fingerprint density at radius 2 is 1.95 bits per heavy atom. The number of hydrogen-bond donors (Lipinski definition) is 0. The predicted molar refractivity (Wildman–Crippen MR) is 66.5 cm³/mol. The lowest BCUT2D eigenvalue weighted by molar-refractivity contribution is -0.276. The fraction of sp³-hybridized carbons (Fsp3) is 0.0714. The quantitative estimate of drug-likeness (QED) is 0.671. The molecule has 0 bridgehead atoms. The highest BCUT2D eigenvalue weighted by atomic mass is 19.4. The molecule has 3 rings (SSSR count). The van der Waals surface area contributed by atoms with Gasteiger partial charge in [0.25, 0.3) is 0 Å². The summed E-state index contributed by atoms with van der Waals surface area (Å²) in [5.74, 6) is -0.853. The fourth-order valence-electron chi connectivity index (χ4n) is 1.97. The molecule has 0 aliphatic carbocycles. The standard InChI is InChI=1S/C14H7F4N2O/c15-10-4-5-11-9(8-10)6-7-20(11)12-2-1-3-13(19-12)21-14(16,17)18/h1-2,4-8H. The van der Waals surface area contributed by atoms with Gasteiger partial charge in [-0.2, -0.15) is 4.98 Å². The molecule has 0 saturated carbocycles. The highest BCUT2D eigenvalue weighted by molar-refractivity contribution is 5.81. The number of hydrogen-bond acceptors (Lipinski definition) is 2. The van der Waals surface area contributed by atoms with Gasteiger partial charge in [0, 0.05) is 17.6 Å². The number of ether oxygens (including phenoxy) is 1. The molecule has 0 unspecified atom stereocenters. The van der Waals surface area contributed by atoms with Crippen molar-refractivity contribution in [1.29, 1.82) is 0 Å². The van der Waals surface area contributed by atoms with Crippen molar-refractivity contribution in [3.63, 3.8) is 0 Å². The van der Waals surface area contributed by atoms with Crippen molar-refractivity contribution < 1.29 is 22.3 Å². The average Bonchev–Trinajstić information content (AvgIpc) is 2.79. The van der Waals surface area contributed by atoms with E-state index >= 15 is 0 Å². The topological polar surface area (TPSA) is 27.1 Å². The second kappa shape index (κ2) is 4.76. The van der Waals surface area contributed by atoms with Gasteiger partial charge in [0.2, 0.25) is 5.88 Å². The van der Waals surface area contributed by atoms with E-state index in [1.54, 1.807) is 12.3 Å². The smallest absolute Gasteiger partial charge is 0.387 e. The van der Waals surface area contributed by atoms with E-state index in [2.05, 4.69) is 15.8 Å². The molecule has 7 heteroatoms. The van der Waals surface area contributed by atoms with Gasteiger partial charge in [-0.1, -0.05) is 0 Å². The minimum atomic E-state index is -4.83. The molecule has 3 nitrogen and oxygen atoms in total. The summed E-state index contributed by atoms with van der Waals surface area (Å²) in [6.45, 7) is 0. The molecular weight excluding hydrogens is 288 g/mol. The maximum Gasteiger partial charge on any atom is 0.574 e. The minimum absolute atomic E-state index is 0.217. The molecule has 0 fully saturated rings. The van der Waals surface area contributed by atoms with Crippen LogP contribution in [0.1, 0.15) is 0 Å². The largest absolute Gasteiger partial charge is 0.574 e. The molecule has 2 heterocycles. The van der Waals surface area contributed by atoms with Crippen molar-refractivity contribution in [3.8, 4) is 11.7 Å². The van der Waals surface area contributed by atoms with E-state index < -0.39 is 18.1 Å². The van der Waals surface area contributed by atoms with E-state index in [1.165, 1.54) is 34.9 Å². The lowest BCUT2D eigenvalue weighted by Gasteiger charge is -2.09. The van der Waals surface area contributed by atoms with Crippen LogP contribution in [0.4, 0.5) is 17.6 Å². The van der Waals surface area contributed by atoms with Crippen molar-refractivity contribution in [3.05, 3.63) is 54.5 Å². The number of pyridine rings is 1. The van der Waals surface area contributed by atoms with Crippen LogP contribution in [-0.4, -0.2) is 15.9 Å². The molecule has 2 aromatic heterocycles. The summed E-state index contributed by atoms with van der Waals surface area (Å²) in [6.07, 6.45) is -3.24. The maximum absolute atomic E-state index is 13.1. The molecule has 0 amide bonds. The number of nitrogens with zero attached hydrogens (tertiary/aromatic N) is 2. The van der Waals surface area contributed by atoms with E-state index in [1.807, 2.05) is 0 Å². The van der Waals surface area contributed by atoms with Crippen molar-refractivity contribution in [2.75, 3.05) is 0 Å². The first-order valence-electron chi connectivity index (χ1n) is 5.84. The third-order valence-electron chi connectivity index (χ3n) is 2.77. The number of aromatic nitrogens is 2. The van der Waals surface area contributed by atoms with Gasteiger partial charge in [0.15, 0.2) is 0 Å². The third-order valence-corrected chi connectivity index (χ3v) is 2.77. The predicted octanol–water partition coefficient (Wildman–Crippen LogP) is 3.86. The third kappa shape index (κ3) is 2.81. The van der Waals surface area contributed by atoms with Crippen molar-refractivity contribution in [1.82, 2.24) is 9.55 Å². The minimum Gasteiger partial charge on any atom is -0.387 e. The molecule has 3 aromatic rings. The van der Waals surface area contributed by atoms with Gasteiger partial charge in [-0.25, -0.2) is 4.39 Å². The lowest BCUT2D eigenvalue weighted by Crippen LogP contribution is -2.18. The fourth-order valence-corrected chi connectivity index (χ4v) is 1.97. The molecule has 0 aliphatic heterocycles. The summed E-state index contributed by atoms with van der Waals surface area (Å²) in [4.78, 5) is 3.74. The van der Waals surface area contributed by atoms with E-state index in [0.29, 0.717) is 10.9 Å². The molecule has 0 spiro atoms. The zero-order valence-electron chi connectivity index (χ0n) is 10.4. The van der Waals surface area contributed by atoms with Gasteiger partial charge in [0.1, 0.15) is 11.6 Å². The Morgan fingerprint density at radius 1 is 1.14 bits per heavy atom. The number of fused-ring (bicyclic) bond motifs is 1. The van der Waals surface area contributed by atoms with Crippen molar-refractivity contribution in [2.45, 2.75) is 6.36 Å². The van der Waals surface area contributed by atoms with Crippen LogP contribution in [0.3, 0.4) is 0 Å². The first-order chi connectivity index (χ1) is 9.92. The average molecular weight is 295 g/mol. The molecule has 0 N–H and O–H groups in total. The van der Waals surface area contributed by atoms with Crippen LogP contribution in [0.25, 0.3) is 16.7 Å². The zero-order valence-corrected chi connectivity index (χ0v) is 10.4. The Morgan fingerprint density at radius 3 is 2.71 bits per heavy atom. The second-order valence-corrected chi connectivity index (χ2v) is 4.19. The Kier molecular flexibility index (Phi) is 3.04. The van der Waals surface area contributed by atoms with Gasteiger partial charge >= 0.3 is 6.36 Å². The van der Waals surface area contributed by atoms with Crippen LogP contribution in [0.5, 0.6) is 5.88 Å². The SMILES string of the molecule is Fc1ccc2c(ccn2-c2cc[c]c(OC(F)(F)F)n2)c1. The highest BCUT2D eigenvalue weighted by Gasteiger charge is 2.32. The van der Waals surface area contributed by atoms with E-state index in [9.17, 15) is 17.6 Å². The second-order valence-electron chi connectivity index (χ2n) is 4.19. The summed E-state index contributed by atoms with van der Waals surface area (Å²) in [7, 11) is 0. The Labute approximate surface area is 116 Å². The Hall–Kier alpha value is -2.57. The highest BCUT2D eigenvalue weighted by Crippen LogP contribution is 2.24. The molecule has 21 heavy (non-hydrogen) atoms. The summed E-state index contributed by atoms with van der Waals surface area (Å²) in [5.41, 5.74) is 0.619. The number of halogens is 4. The van der Waals surface area contributed by atoms with Crippen LogP contribution in [-0.2, 0) is 0 Å². The van der Waals surface area contributed by atoms with Gasteiger partial charge in [-0.15, -0.1) is 13.2 Å². The molecule has 1 radical (unpaired) electrons. The van der Waals surface area contributed by atoms with Gasteiger partial charge < -0.3 is 9.30 Å². The lowest BCUT2D eigenvalue weighted by atomic mass is 10.2. The van der Waals surface area contributed by atoms with Gasteiger partial charge in [-0.05, 0) is 36.4 Å².